The summed E-state index contributed by atoms with van der Waals surface area (Å²) in [6.45, 7) is 1.79. The first-order valence-electron chi connectivity index (χ1n) is 6.89. The molecular formula is C16H11F3N4O. The van der Waals surface area contributed by atoms with E-state index < -0.39 is 11.9 Å². The number of hydrogen-bond donors (Lipinski definition) is 0. The van der Waals surface area contributed by atoms with Crippen LogP contribution < -0.4 is 4.74 Å². The van der Waals surface area contributed by atoms with E-state index in [1.807, 2.05) is 0 Å². The Labute approximate surface area is 135 Å². The van der Waals surface area contributed by atoms with E-state index in [-0.39, 0.29) is 17.5 Å². The van der Waals surface area contributed by atoms with Gasteiger partial charge < -0.3 is 4.74 Å². The van der Waals surface area contributed by atoms with Crippen LogP contribution in [-0.2, 0) is 6.18 Å². The summed E-state index contributed by atoms with van der Waals surface area (Å²) in [5.41, 5.74) is 0.0268. The van der Waals surface area contributed by atoms with Gasteiger partial charge in [-0.05, 0) is 31.2 Å². The molecule has 3 heterocycles. The van der Waals surface area contributed by atoms with Crippen molar-refractivity contribution in [2.24, 2.45) is 0 Å². The normalized spacial score (nSPS) is 11.3. The van der Waals surface area contributed by atoms with Crippen molar-refractivity contribution in [3.05, 3.63) is 60.3 Å². The van der Waals surface area contributed by atoms with Gasteiger partial charge >= 0.3 is 6.18 Å². The Morgan fingerprint density at radius 3 is 2.50 bits per heavy atom. The highest BCUT2D eigenvalue weighted by atomic mass is 19.4. The van der Waals surface area contributed by atoms with Crippen molar-refractivity contribution in [2.75, 3.05) is 0 Å². The van der Waals surface area contributed by atoms with E-state index in [4.69, 9.17) is 4.74 Å². The molecule has 3 aromatic heterocycles. The summed E-state index contributed by atoms with van der Waals surface area (Å²) in [7, 11) is 0. The first-order valence-corrected chi connectivity index (χ1v) is 6.89. The Morgan fingerprint density at radius 2 is 1.88 bits per heavy atom. The number of aromatic nitrogens is 4. The maximum absolute atomic E-state index is 13.1. The van der Waals surface area contributed by atoms with Crippen molar-refractivity contribution in [1.82, 2.24) is 19.9 Å². The average Bonchev–Trinajstić information content (AvgIpc) is 2.57. The van der Waals surface area contributed by atoms with Gasteiger partial charge in [-0.15, -0.1) is 0 Å². The zero-order chi connectivity index (χ0) is 17.2. The lowest BCUT2D eigenvalue weighted by molar-refractivity contribution is -0.141. The van der Waals surface area contributed by atoms with Crippen LogP contribution in [0.5, 0.6) is 11.6 Å². The molecule has 122 valence electrons. The van der Waals surface area contributed by atoms with Gasteiger partial charge in [0.05, 0.1) is 6.20 Å². The monoisotopic (exact) mass is 332 g/mol. The molecule has 0 aliphatic carbocycles. The minimum atomic E-state index is -4.62. The molecule has 0 N–H and O–H groups in total. The lowest BCUT2D eigenvalue weighted by Crippen LogP contribution is -2.10. The van der Waals surface area contributed by atoms with E-state index >= 15 is 0 Å². The predicted octanol–water partition coefficient (Wildman–Crippen LogP) is 4.05. The quantitative estimate of drug-likeness (QED) is 0.724. The molecule has 0 radical (unpaired) electrons. The van der Waals surface area contributed by atoms with Crippen LogP contribution in [0.15, 0.2) is 48.9 Å². The summed E-state index contributed by atoms with van der Waals surface area (Å²) in [6.07, 6.45) is -0.322. The van der Waals surface area contributed by atoms with Crippen LogP contribution in [0.2, 0.25) is 0 Å². The highest BCUT2D eigenvalue weighted by Crippen LogP contribution is 2.32. The Balaban J connectivity index is 2.03. The number of alkyl halides is 3. The molecule has 0 amide bonds. The molecule has 0 saturated heterocycles. The minimum Gasteiger partial charge on any atom is -0.437 e. The second-order valence-electron chi connectivity index (χ2n) is 4.89. The van der Waals surface area contributed by atoms with Gasteiger partial charge in [-0.3, -0.25) is 9.97 Å². The smallest absolute Gasteiger partial charge is 0.433 e. The van der Waals surface area contributed by atoms with Crippen molar-refractivity contribution in [2.45, 2.75) is 13.1 Å². The van der Waals surface area contributed by atoms with Crippen LogP contribution in [-0.4, -0.2) is 19.9 Å². The van der Waals surface area contributed by atoms with E-state index in [0.717, 1.165) is 11.8 Å². The summed E-state index contributed by atoms with van der Waals surface area (Å²) >= 11 is 0. The Hall–Kier alpha value is -3.03. The zero-order valence-corrected chi connectivity index (χ0v) is 12.4. The average molecular weight is 332 g/mol. The standard InChI is InChI=1S/C16H11F3N4O/c1-10-4-5-12(9-21-10)24-14-7-13(16(17,18)19)22-15(23-14)11-3-2-6-20-8-11/h2-9H,1H3. The molecule has 3 rings (SSSR count). The Bertz CT molecular complexity index is 836. The van der Waals surface area contributed by atoms with Crippen molar-refractivity contribution >= 4 is 0 Å². The van der Waals surface area contributed by atoms with E-state index in [1.165, 1.54) is 18.6 Å². The molecular weight excluding hydrogens is 321 g/mol. The maximum Gasteiger partial charge on any atom is 0.433 e. The van der Waals surface area contributed by atoms with E-state index in [2.05, 4.69) is 19.9 Å². The molecule has 0 unspecified atom stereocenters. The van der Waals surface area contributed by atoms with Crippen molar-refractivity contribution < 1.29 is 17.9 Å². The summed E-state index contributed by atoms with van der Waals surface area (Å²) < 4.78 is 44.6. The first-order chi connectivity index (χ1) is 11.4. The Morgan fingerprint density at radius 1 is 1.04 bits per heavy atom. The van der Waals surface area contributed by atoms with Gasteiger partial charge in [-0.2, -0.15) is 18.2 Å². The SMILES string of the molecule is Cc1ccc(Oc2cc(C(F)(F)F)nc(-c3cccnc3)n2)cn1. The number of hydrogen-bond acceptors (Lipinski definition) is 5. The summed E-state index contributed by atoms with van der Waals surface area (Å²) in [4.78, 5) is 15.5. The van der Waals surface area contributed by atoms with Crippen molar-refractivity contribution in [1.29, 1.82) is 0 Å². The fraction of sp³-hybridized carbons (Fsp3) is 0.125. The van der Waals surface area contributed by atoms with Gasteiger partial charge in [0.2, 0.25) is 5.88 Å². The molecule has 0 aliphatic heterocycles. The van der Waals surface area contributed by atoms with Gasteiger partial charge in [0.25, 0.3) is 0 Å². The number of halogens is 3. The van der Waals surface area contributed by atoms with Crippen molar-refractivity contribution in [3.63, 3.8) is 0 Å². The largest absolute Gasteiger partial charge is 0.437 e. The molecule has 8 heteroatoms. The Kier molecular flexibility index (Phi) is 4.11. The first kappa shape index (κ1) is 15.9. The van der Waals surface area contributed by atoms with Gasteiger partial charge in [-0.1, -0.05) is 0 Å². The third kappa shape index (κ3) is 3.65. The zero-order valence-electron chi connectivity index (χ0n) is 12.4. The molecule has 5 nitrogen and oxygen atoms in total. The summed E-state index contributed by atoms with van der Waals surface area (Å²) in [5.74, 6) is -0.0561. The predicted molar refractivity (Wildman–Crippen MR) is 79.3 cm³/mol. The lowest BCUT2D eigenvalue weighted by atomic mass is 10.2. The fourth-order valence-corrected chi connectivity index (χ4v) is 1.88. The molecule has 24 heavy (non-hydrogen) atoms. The van der Waals surface area contributed by atoms with E-state index in [1.54, 1.807) is 31.2 Å². The van der Waals surface area contributed by atoms with Crippen molar-refractivity contribution in [3.8, 4) is 23.0 Å². The topological polar surface area (TPSA) is 60.8 Å². The van der Waals surface area contributed by atoms with Crippen LogP contribution >= 0.6 is 0 Å². The molecule has 0 fully saturated rings. The second-order valence-corrected chi connectivity index (χ2v) is 4.89. The second kappa shape index (κ2) is 6.23. The third-order valence-electron chi connectivity index (χ3n) is 3.02. The summed E-state index contributed by atoms with van der Waals surface area (Å²) in [6, 6.07) is 7.19. The highest BCUT2D eigenvalue weighted by molar-refractivity contribution is 5.54. The number of aryl methyl sites for hydroxylation is 1. The minimum absolute atomic E-state index is 0.118. The number of ether oxygens (including phenoxy) is 1. The van der Waals surface area contributed by atoms with E-state index in [0.29, 0.717) is 5.56 Å². The van der Waals surface area contributed by atoms with Crippen LogP contribution in [0, 0.1) is 6.92 Å². The molecule has 0 aromatic carbocycles. The highest BCUT2D eigenvalue weighted by Gasteiger charge is 2.34. The van der Waals surface area contributed by atoms with Gasteiger partial charge in [0.15, 0.2) is 11.5 Å². The summed E-state index contributed by atoms with van der Waals surface area (Å²) in [5, 5.41) is 0. The molecule has 0 saturated carbocycles. The number of pyridine rings is 2. The fourth-order valence-electron chi connectivity index (χ4n) is 1.88. The van der Waals surface area contributed by atoms with Gasteiger partial charge in [0.1, 0.15) is 5.75 Å². The van der Waals surface area contributed by atoms with E-state index in [9.17, 15) is 13.2 Å². The third-order valence-corrected chi connectivity index (χ3v) is 3.02. The molecule has 3 aromatic rings. The number of rotatable bonds is 3. The lowest BCUT2D eigenvalue weighted by Gasteiger charge is -2.11. The number of nitrogens with zero attached hydrogens (tertiary/aromatic N) is 4. The molecule has 0 aliphatic rings. The van der Waals surface area contributed by atoms with Crippen LogP contribution in [0.1, 0.15) is 11.4 Å². The van der Waals surface area contributed by atoms with Crippen LogP contribution in [0.3, 0.4) is 0 Å². The van der Waals surface area contributed by atoms with Crippen LogP contribution in [0.4, 0.5) is 13.2 Å². The molecule has 0 spiro atoms. The molecule has 0 atom stereocenters. The maximum atomic E-state index is 13.1. The molecule has 0 bridgehead atoms. The van der Waals surface area contributed by atoms with Crippen LogP contribution in [0.25, 0.3) is 11.4 Å². The van der Waals surface area contributed by atoms with Gasteiger partial charge in [0, 0.05) is 29.7 Å². The van der Waals surface area contributed by atoms with Gasteiger partial charge in [-0.25, -0.2) is 4.98 Å².